The van der Waals surface area contributed by atoms with Gasteiger partial charge in [0.25, 0.3) is 0 Å². The molecule has 1 N–H and O–H groups in total. The SMILES string of the molecule is CCOP(=O)(O)Cc1ccccc1C(=O)OC. The molecule has 0 aliphatic heterocycles. The van der Waals surface area contributed by atoms with Crippen LogP contribution < -0.4 is 0 Å². The van der Waals surface area contributed by atoms with E-state index in [0.29, 0.717) is 5.56 Å². The first-order valence-electron chi connectivity index (χ1n) is 5.12. The van der Waals surface area contributed by atoms with Gasteiger partial charge in [-0.2, -0.15) is 0 Å². The van der Waals surface area contributed by atoms with Crippen LogP contribution in [0.5, 0.6) is 0 Å². The Labute approximate surface area is 99.9 Å². The van der Waals surface area contributed by atoms with Crippen LogP contribution in [-0.2, 0) is 20.0 Å². The maximum atomic E-state index is 11.6. The number of hydrogen-bond acceptors (Lipinski definition) is 4. The number of esters is 1. The van der Waals surface area contributed by atoms with Crippen molar-refractivity contribution in [2.75, 3.05) is 13.7 Å². The van der Waals surface area contributed by atoms with E-state index in [1.54, 1.807) is 31.2 Å². The summed E-state index contributed by atoms with van der Waals surface area (Å²) in [6, 6.07) is 6.51. The van der Waals surface area contributed by atoms with Crippen LogP contribution >= 0.6 is 7.60 Å². The number of carbonyl (C=O) groups is 1. The Morgan fingerprint density at radius 3 is 2.65 bits per heavy atom. The molecule has 0 saturated heterocycles. The molecule has 17 heavy (non-hydrogen) atoms. The standard InChI is InChI=1S/C11H15O5P/c1-3-16-17(13,14)8-9-6-4-5-7-10(9)11(12)15-2/h4-7H,3,8H2,1-2H3,(H,13,14). The number of rotatable bonds is 5. The summed E-state index contributed by atoms with van der Waals surface area (Å²) < 4.78 is 21.0. The molecule has 94 valence electrons. The molecule has 6 heteroatoms. The third-order valence-electron chi connectivity index (χ3n) is 2.12. The van der Waals surface area contributed by atoms with E-state index in [2.05, 4.69) is 4.74 Å². The Kier molecular flexibility index (Phi) is 4.87. The topological polar surface area (TPSA) is 72.8 Å². The Balaban J connectivity index is 2.98. The van der Waals surface area contributed by atoms with Crippen LogP contribution in [0.3, 0.4) is 0 Å². The Bertz CT molecular complexity index is 443. The van der Waals surface area contributed by atoms with E-state index in [-0.39, 0.29) is 18.3 Å². The fraction of sp³-hybridized carbons (Fsp3) is 0.364. The van der Waals surface area contributed by atoms with Crippen molar-refractivity contribution >= 4 is 13.6 Å². The van der Waals surface area contributed by atoms with Crippen molar-refractivity contribution in [3.63, 3.8) is 0 Å². The fourth-order valence-electron chi connectivity index (χ4n) is 1.43. The van der Waals surface area contributed by atoms with Crippen molar-refractivity contribution in [3.05, 3.63) is 35.4 Å². The lowest BCUT2D eigenvalue weighted by Crippen LogP contribution is -2.06. The summed E-state index contributed by atoms with van der Waals surface area (Å²) in [5.74, 6) is -0.530. The quantitative estimate of drug-likeness (QED) is 0.647. The molecule has 0 aliphatic carbocycles. The molecule has 1 atom stereocenters. The van der Waals surface area contributed by atoms with Gasteiger partial charge in [0.2, 0.25) is 0 Å². The van der Waals surface area contributed by atoms with Crippen molar-refractivity contribution in [2.45, 2.75) is 13.1 Å². The van der Waals surface area contributed by atoms with E-state index in [1.807, 2.05) is 0 Å². The molecular formula is C11H15O5P. The number of carbonyl (C=O) groups excluding carboxylic acids is 1. The molecular weight excluding hydrogens is 243 g/mol. The van der Waals surface area contributed by atoms with Crippen molar-refractivity contribution in [1.29, 1.82) is 0 Å². The second-order valence-electron chi connectivity index (χ2n) is 3.36. The van der Waals surface area contributed by atoms with E-state index in [9.17, 15) is 14.3 Å². The van der Waals surface area contributed by atoms with Gasteiger partial charge in [0.05, 0.1) is 25.4 Å². The number of ether oxygens (including phenoxy) is 1. The highest BCUT2D eigenvalue weighted by atomic mass is 31.2. The Morgan fingerprint density at radius 1 is 1.41 bits per heavy atom. The van der Waals surface area contributed by atoms with Crippen LogP contribution in [0.4, 0.5) is 0 Å². The average molecular weight is 258 g/mol. The second kappa shape index (κ2) is 5.96. The van der Waals surface area contributed by atoms with Gasteiger partial charge in [-0.15, -0.1) is 0 Å². The van der Waals surface area contributed by atoms with Crippen LogP contribution in [0.15, 0.2) is 24.3 Å². The number of methoxy groups -OCH3 is 1. The van der Waals surface area contributed by atoms with Gasteiger partial charge in [-0.1, -0.05) is 18.2 Å². The monoisotopic (exact) mass is 258 g/mol. The molecule has 5 nitrogen and oxygen atoms in total. The molecule has 0 amide bonds. The van der Waals surface area contributed by atoms with Gasteiger partial charge in [0.1, 0.15) is 0 Å². The van der Waals surface area contributed by atoms with Crippen LogP contribution in [0, 0.1) is 0 Å². The van der Waals surface area contributed by atoms with Crippen LogP contribution in [0.2, 0.25) is 0 Å². The molecule has 0 spiro atoms. The minimum Gasteiger partial charge on any atom is -0.465 e. The third-order valence-corrected chi connectivity index (χ3v) is 3.53. The van der Waals surface area contributed by atoms with Gasteiger partial charge in [-0.05, 0) is 18.6 Å². The number of benzene rings is 1. The van der Waals surface area contributed by atoms with Crippen LogP contribution in [0.25, 0.3) is 0 Å². The van der Waals surface area contributed by atoms with Crippen molar-refractivity contribution in [3.8, 4) is 0 Å². The summed E-state index contributed by atoms with van der Waals surface area (Å²) in [5.41, 5.74) is 0.725. The van der Waals surface area contributed by atoms with E-state index in [4.69, 9.17) is 4.52 Å². The van der Waals surface area contributed by atoms with Gasteiger partial charge < -0.3 is 14.2 Å². The van der Waals surface area contributed by atoms with E-state index in [0.717, 1.165) is 0 Å². The van der Waals surface area contributed by atoms with Crippen molar-refractivity contribution < 1.29 is 23.5 Å². The second-order valence-corrected chi connectivity index (χ2v) is 5.21. The lowest BCUT2D eigenvalue weighted by Gasteiger charge is -2.12. The first-order chi connectivity index (χ1) is 8.00. The lowest BCUT2D eigenvalue weighted by molar-refractivity contribution is 0.0600. The third kappa shape index (κ3) is 3.97. The highest BCUT2D eigenvalue weighted by Crippen LogP contribution is 2.46. The molecule has 1 rings (SSSR count). The minimum atomic E-state index is -3.70. The predicted octanol–water partition coefficient (Wildman–Crippen LogP) is 2.20. The zero-order valence-electron chi connectivity index (χ0n) is 9.75. The molecule has 0 aliphatic rings. The largest absolute Gasteiger partial charge is 0.465 e. The van der Waals surface area contributed by atoms with Gasteiger partial charge in [-0.3, -0.25) is 4.57 Å². The predicted molar refractivity (Wildman–Crippen MR) is 62.9 cm³/mol. The van der Waals surface area contributed by atoms with Crippen LogP contribution in [0.1, 0.15) is 22.8 Å². The Morgan fingerprint density at radius 2 is 2.06 bits per heavy atom. The molecule has 1 unspecified atom stereocenters. The molecule has 0 bridgehead atoms. The lowest BCUT2D eigenvalue weighted by atomic mass is 10.1. The van der Waals surface area contributed by atoms with Gasteiger partial charge in [0.15, 0.2) is 0 Å². The molecule has 0 saturated carbocycles. The fourth-order valence-corrected chi connectivity index (χ4v) is 2.63. The van der Waals surface area contributed by atoms with E-state index < -0.39 is 13.6 Å². The summed E-state index contributed by atoms with van der Waals surface area (Å²) in [6.45, 7) is 1.78. The summed E-state index contributed by atoms with van der Waals surface area (Å²) in [4.78, 5) is 21.0. The van der Waals surface area contributed by atoms with E-state index in [1.165, 1.54) is 7.11 Å². The molecule has 1 aromatic carbocycles. The number of hydrogen-bond donors (Lipinski definition) is 1. The molecule has 1 aromatic rings. The summed E-state index contributed by atoms with van der Waals surface area (Å²) >= 11 is 0. The van der Waals surface area contributed by atoms with Crippen molar-refractivity contribution in [1.82, 2.24) is 0 Å². The summed E-state index contributed by atoms with van der Waals surface area (Å²) in [7, 11) is -2.44. The van der Waals surface area contributed by atoms with Crippen molar-refractivity contribution in [2.24, 2.45) is 0 Å². The van der Waals surface area contributed by atoms with Gasteiger partial charge in [-0.25, -0.2) is 4.79 Å². The maximum Gasteiger partial charge on any atom is 0.338 e. The Hall–Kier alpha value is -1.16. The first kappa shape index (κ1) is 13.9. The summed E-state index contributed by atoms with van der Waals surface area (Å²) in [5, 5.41) is 0. The zero-order chi connectivity index (χ0) is 12.9. The average Bonchev–Trinajstić information content (AvgIpc) is 2.28. The normalized spacial score (nSPS) is 14.1. The molecule has 0 heterocycles. The maximum absolute atomic E-state index is 11.6. The zero-order valence-corrected chi connectivity index (χ0v) is 10.6. The van der Waals surface area contributed by atoms with Crippen LogP contribution in [-0.4, -0.2) is 24.6 Å². The van der Waals surface area contributed by atoms with E-state index >= 15 is 0 Å². The molecule has 0 aromatic heterocycles. The van der Waals surface area contributed by atoms with Gasteiger partial charge >= 0.3 is 13.6 Å². The molecule has 0 radical (unpaired) electrons. The highest BCUT2D eigenvalue weighted by Gasteiger charge is 2.22. The smallest absolute Gasteiger partial charge is 0.338 e. The summed E-state index contributed by atoms with van der Waals surface area (Å²) in [6.07, 6.45) is -0.202. The molecule has 0 fully saturated rings. The first-order valence-corrected chi connectivity index (χ1v) is 6.89. The minimum absolute atomic E-state index is 0.147. The highest BCUT2D eigenvalue weighted by molar-refractivity contribution is 7.51. The van der Waals surface area contributed by atoms with Gasteiger partial charge in [0, 0.05) is 0 Å².